The van der Waals surface area contributed by atoms with E-state index in [0.29, 0.717) is 5.41 Å². The molecule has 2 aliphatic rings. The molecule has 88 valence electrons. The van der Waals surface area contributed by atoms with Gasteiger partial charge in [0.05, 0.1) is 6.61 Å². The van der Waals surface area contributed by atoms with E-state index < -0.39 is 0 Å². The lowest BCUT2D eigenvalue weighted by atomic mass is 9.73. The minimum atomic E-state index is 0.377. The highest BCUT2D eigenvalue weighted by Crippen LogP contribution is 2.46. The molecule has 2 N–H and O–H groups in total. The highest BCUT2D eigenvalue weighted by atomic mass is 16.5. The van der Waals surface area contributed by atoms with Crippen LogP contribution >= 0.6 is 0 Å². The molecule has 0 radical (unpaired) electrons. The average molecular weight is 212 g/mol. The van der Waals surface area contributed by atoms with Crippen LogP contribution in [0.15, 0.2) is 0 Å². The van der Waals surface area contributed by atoms with Crippen LogP contribution in [0.3, 0.4) is 0 Å². The first-order valence-electron chi connectivity index (χ1n) is 6.12. The molecule has 0 aromatic rings. The summed E-state index contributed by atoms with van der Waals surface area (Å²) in [6, 6.07) is 1.57. The van der Waals surface area contributed by atoms with E-state index in [0.717, 1.165) is 31.7 Å². The van der Waals surface area contributed by atoms with Crippen LogP contribution < -0.4 is 5.73 Å². The van der Waals surface area contributed by atoms with E-state index in [1.165, 1.54) is 25.7 Å². The molecule has 3 heteroatoms. The number of nitrogens with two attached hydrogens (primary N) is 1. The van der Waals surface area contributed by atoms with Gasteiger partial charge < -0.3 is 15.4 Å². The van der Waals surface area contributed by atoms with Gasteiger partial charge in [-0.15, -0.1) is 0 Å². The summed E-state index contributed by atoms with van der Waals surface area (Å²) in [5, 5.41) is 0. The van der Waals surface area contributed by atoms with Gasteiger partial charge in [0.15, 0.2) is 0 Å². The SMILES string of the molecule is COCC1(CCN)CC2CCC(C1)N2C. The molecule has 3 nitrogen and oxygen atoms in total. The van der Waals surface area contributed by atoms with Crippen molar-refractivity contribution >= 4 is 0 Å². The summed E-state index contributed by atoms with van der Waals surface area (Å²) in [6.07, 6.45) is 6.44. The first kappa shape index (κ1) is 11.4. The molecule has 2 fully saturated rings. The Morgan fingerprint density at radius 3 is 2.40 bits per heavy atom. The summed E-state index contributed by atoms with van der Waals surface area (Å²) >= 11 is 0. The van der Waals surface area contributed by atoms with Crippen LogP contribution in [0.5, 0.6) is 0 Å². The second-order valence-corrected chi connectivity index (χ2v) is 5.43. The van der Waals surface area contributed by atoms with Gasteiger partial charge in [0.1, 0.15) is 0 Å². The maximum absolute atomic E-state index is 5.75. The molecule has 2 bridgehead atoms. The summed E-state index contributed by atoms with van der Waals surface area (Å²) in [7, 11) is 4.10. The van der Waals surface area contributed by atoms with Crippen molar-refractivity contribution in [1.29, 1.82) is 0 Å². The number of ether oxygens (including phenoxy) is 1. The van der Waals surface area contributed by atoms with Crippen molar-refractivity contribution in [2.45, 2.75) is 44.2 Å². The number of nitrogens with zero attached hydrogens (tertiary/aromatic N) is 1. The number of hydrogen-bond acceptors (Lipinski definition) is 3. The monoisotopic (exact) mass is 212 g/mol. The van der Waals surface area contributed by atoms with Gasteiger partial charge in [-0.05, 0) is 51.1 Å². The Morgan fingerprint density at radius 2 is 1.93 bits per heavy atom. The lowest BCUT2D eigenvalue weighted by Crippen LogP contribution is -2.48. The van der Waals surface area contributed by atoms with Crippen molar-refractivity contribution in [1.82, 2.24) is 4.90 Å². The Labute approximate surface area is 93.0 Å². The second kappa shape index (κ2) is 4.40. The highest BCUT2D eigenvalue weighted by molar-refractivity contribution is 5.00. The van der Waals surface area contributed by atoms with E-state index in [9.17, 15) is 0 Å². The largest absolute Gasteiger partial charge is 0.384 e. The molecule has 2 atom stereocenters. The summed E-state index contributed by atoms with van der Waals surface area (Å²) in [4.78, 5) is 2.57. The van der Waals surface area contributed by atoms with E-state index in [4.69, 9.17) is 10.5 Å². The third-order valence-corrected chi connectivity index (χ3v) is 4.45. The van der Waals surface area contributed by atoms with Gasteiger partial charge in [0, 0.05) is 19.2 Å². The van der Waals surface area contributed by atoms with Gasteiger partial charge in [0.25, 0.3) is 0 Å². The van der Waals surface area contributed by atoms with Gasteiger partial charge in [0.2, 0.25) is 0 Å². The quantitative estimate of drug-likeness (QED) is 0.761. The second-order valence-electron chi connectivity index (χ2n) is 5.43. The molecule has 0 aromatic heterocycles. The van der Waals surface area contributed by atoms with E-state index in [2.05, 4.69) is 11.9 Å². The van der Waals surface area contributed by atoms with E-state index in [1.54, 1.807) is 0 Å². The van der Waals surface area contributed by atoms with E-state index in [1.807, 2.05) is 7.11 Å². The van der Waals surface area contributed by atoms with Crippen molar-refractivity contribution in [3.63, 3.8) is 0 Å². The summed E-state index contributed by atoms with van der Waals surface area (Å²) in [6.45, 7) is 1.69. The predicted molar refractivity (Wildman–Crippen MR) is 61.8 cm³/mol. The lowest BCUT2D eigenvalue weighted by molar-refractivity contribution is -0.00710. The third-order valence-electron chi connectivity index (χ3n) is 4.45. The van der Waals surface area contributed by atoms with Crippen LogP contribution in [0.4, 0.5) is 0 Å². The number of rotatable bonds is 4. The number of methoxy groups -OCH3 is 1. The topological polar surface area (TPSA) is 38.5 Å². The fraction of sp³-hybridized carbons (Fsp3) is 1.00. The van der Waals surface area contributed by atoms with Crippen molar-refractivity contribution in [2.24, 2.45) is 11.1 Å². The summed E-state index contributed by atoms with van der Waals surface area (Å²) in [5.74, 6) is 0. The maximum Gasteiger partial charge on any atom is 0.0520 e. The smallest absolute Gasteiger partial charge is 0.0520 e. The predicted octanol–water partition coefficient (Wildman–Crippen LogP) is 1.22. The van der Waals surface area contributed by atoms with Crippen LogP contribution in [0.2, 0.25) is 0 Å². The molecule has 0 spiro atoms. The van der Waals surface area contributed by atoms with Crippen LogP contribution in [-0.2, 0) is 4.74 Å². The molecule has 0 saturated carbocycles. The fourth-order valence-corrected chi connectivity index (χ4v) is 3.67. The van der Waals surface area contributed by atoms with Gasteiger partial charge in [-0.3, -0.25) is 0 Å². The Kier molecular flexibility index (Phi) is 3.33. The van der Waals surface area contributed by atoms with Crippen molar-refractivity contribution in [3.05, 3.63) is 0 Å². The van der Waals surface area contributed by atoms with Crippen LogP contribution in [-0.4, -0.2) is 44.3 Å². The molecule has 0 aliphatic carbocycles. The number of fused-ring (bicyclic) bond motifs is 2. The number of piperidine rings is 1. The lowest BCUT2D eigenvalue weighted by Gasteiger charge is -2.45. The van der Waals surface area contributed by atoms with Gasteiger partial charge >= 0.3 is 0 Å². The van der Waals surface area contributed by atoms with Crippen LogP contribution in [0.25, 0.3) is 0 Å². The molecule has 0 amide bonds. The Balaban J connectivity index is 2.08. The Bertz CT molecular complexity index is 198. The molecular weight excluding hydrogens is 188 g/mol. The molecule has 2 unspecified atom stereocenters. The first-order chi connectivity index (χ1) is 7.21. The fourth-order valence-electron chi connectivity index (χ4n) is 3.67. The number of hydrogen-bond donors (Lipinski definition) is 1. The minimum Gasteiger partial charge on any atom is -0.384 e. The summed E-state index contributed by atoms with van der Waals surface area (Å²) < 4.78 is 5.42. The molecule has 2 aliphatic heterocycles. The first-order valence-corrected chi connectivity index (χ1v) is 6.12. The van der Waals surface area contributed by atoms with Gasteiger partial charge in [-0.2, -0.15) is 0 Å². The molecule has 2 heterocycles. The Morgan fingerprint density at radius 1 is 1.33 bits per heavy atom. The zero-order chi connectivity index (χ0) is 10.9. The third kappa shape index (κ3) is 2.05. The van der Waals surface area contributed by atoms with Gasteiger partial charge in [-0.1, -0.05) is 0 Å². The normalized spacial score (nSPS) is 41.0. The molecule has 15 heavy (non-hydrogen) atoms. The zero-order valence-electron chi connectivity index (χ0n) is 10.0. The van der Waals surface area contributed by atoms with Crippen LogP contribution in [0, 0.1) is 5.41 Å². The molecule has 2 saturated heterocycles. The van der Waals surface area contributed by atoms with Gasteiger partial charge in [-0.25, -0.2) is 0 Å². The van der Waals surface area contributed by atoms with E-state index in [-0.39, 0.29) is 0 Å². The molecule has 0 aromatic carbocycles. The summed E-state index contributed by atoms with van der Waals surface area (Å²) in [5.41, 5.74) is 6.13. The average Bonchev–Trinajstić information content (AvgIpc) is 2.45. The minimum absolute atomic E-state index is 0.377. The van der Waals surface area contributed by atoms with E-state index >= 15 is 0 Å². The van der Waals surface area contributed by atoms with Crippen molar-refractivity contribution in [2.75, 3.05) is 27.3 Å². The Hall–Kier alpha value is -0.120. The highest BCUT2D eigenvalue weighted by Gasteiger charge is 2.46. The van der Waals surface area contributed by atoms with Crippen molar-refractivity contribution in [3.8, 4) is 0 Å². The molecular formula is C12H24N2O. The van der Waals surface area contributed by atoms with Crippen molar-refractivity contribution < 1.29 is 4.74 Å². The van der Waals surface area contributed by atoms with Crippen LogP contribution in [0.1, 0.15) is 32.1 Å². The standard InChI is InChI=1S/C12H24N2O/c1-14-10-3-4-11(14)8-12(7-10,5-6-13)9-15-2/h10-11H,3-9,13H2,1-2H3. The maximum atomic E-state index is 5.75. The zero-order valence-corrected chi connectivity index (χ0v) is 10.0. The molecule has 2 rings (SSSR count).